The molecule has 0 aromatic rings. The lowest BCUT2D eigenvalue weighted by Crippen LogP contribution is -2.12. The summed E-state index contributed by atoms with van der Waals surface area (Å²) in [5, 5.41) is 2.64. The van der Waals surface area contributed by atoms with Crippen LogP contribution in [0.3, 0.4) is 0 Å². The molecule has 0 heterocycles. The lowest BCUT2D eigenvalue weighted by molar-refractivity contribution is -0.115. The summed E-state index contributed by atoms with van der Waals surface area (Å²) in [7, 11) is 0. The van der Waals surface area contributed by atoms with E-state index in [1.54, 1.807) is 6.20 Å². The average Bonchev–Trinajstić information content (AvgIpc) is 2.57. The molecule has 1 amide bonds. The van der Waals surface area contributed by atoms with Gasteiger partial charge in [-0.05, 0) is 18.9 Å². The van der Waals surface area contributed by atoms with Crippen LogP contribution in [0.25, 0.3) is 0 Å². The van der Waals surface area contributed by atoms with Crippen molar-refractivity contribution in [1.29, 1.82) is 0 Å². The second kappa shape index (κ2) is 19.0. The van der Waals surface area contributed by atoms with Crippen molar-refractivity contribution in [2.75, 3.05) is 0 Å². The Bertz CT molecular complexity index is 296. The van der Waals surface area contributed by atoms with Crippen molar-refractivity contribution in [1.82, 2.24) is 5.32 Å². The molecule has 0 aliphatic heterocycles. The molecule has 23 heavy (non-hydrogen) atoms. The molecule has 0 atom stereocenters. The maximum atomic E-state index is 10.9. The summed E-state index contributed by atoms with van der Waals surface area (Å²) in [6, 6.07) is 0. The number of rotatable bonds is 17. The number of unbranched alkanes of at least 4 members (excludes halogenated alkanes) is 14. The smallest absolute Gasteiger partial charge is 0.247 e. The van der Waals surface area contributed by atoms with Gasteiger partial charge in [-0.15, -0.1) is 0 Å². The van der Waals surface area contributed by atoms with E-state index < -0.39 is 0 Å². The van der Waals surface area contributed by atoms with Gasteiger partial charge in [0.05, 0.1) is 0 Å². The van der Waals surface area contributed by atoms with Crippen LogP contribution in [-0.2, 0) is 4.79 Å². The molecular formula is C21H39NO. The predicted octanol–water partition coefficient (Wildman–Crippen LogP) is 6.67. The van der Waals surface area contributed by atoms with Crippen molar-refractivity contribution in [3.63, 3.8) is 0 Å². The predicted molar refractivity (Wildman–Crippen MR) is 102 cm³/mol. The molecule has 0 rings (SSSR count). The Balaban J connectivity index is 3.08. The van der Waals surface area contributed by atoms with Gasteiger partial charge in [0.15, 0.2) is 0 Å². The largest absolute Gasteiger partial charge is 0.329 e. The van der Waals surface area contributed by atoms with E-state index in [0.717, 1.165) is 6.42 Å². The first kappa shape index (κ1) is 21.9. The highest BCUT2D eigenvalue weighted by Gasteiger charge is 1.93. The Kier molecular flexibility index (Phi) is 18.1. The number of nitrogens with one attached hydrogen (secondary N) is 1. The number of hydrogen-bond donors (Lipinski definition) is 1. The molecule has 0 radical (unpaired) electrons. The first-order valence-electron chi connectivity index (χ1n) is 9.89. The molecule has 0 aromatic heterocycles. The van der Waals surface area contributed by atoms with Gasteiger partial charge < -0.3 is 5.32 Å². The Morgan fingerprint density at radius 3 is 1.65 bits per heavy atom. The van der Waals surface area contributed by atoms with Crippen LogP contribution in [-0.4, -0.2) is 5.91 Å². The van der Waals surface area contributed by atoms with Crippen LogP contribution in [0, 0.1) is 0 Å². The molecule has 0 saturated carbocycles. The normalized spacial score (nSPS) is 11.0. The number of hydrogen-bond acceptors (Lipinski definition) is 1. The standard InChI is InChI=1S/C21H39NO/c1-3-5-6-7-8-9-10-11-12-13-14-15-16-17-18-19-20-22-21(23)4-2/h4,19-20H,2-3,5-18H2,1H3,(H,22,23)/b20-19+. The summed E-state index contributed by atoms with van der Waals surface area (Å²) >= 11 is 0. The minimum atomic E-state index is -0.137. The van der Waals surface area contributed by atoms with E-state index in [2.05, 4.69) is 18.8 Å². The van der Waals surface area contributed by atoms with Gasteiger partial charge in [0.1, 0.15) is 0 Å². The average molecular weight is 322 g/mol. The molecule has 0 bridgehead atoms. The summed E-state index contributed by atoms with van der Waals surface area (Å²) in [5.74, 6) is -0.137. The van der Waals surface area contributed by atoms with Crippen molar-refractivity contribution in [3.8, 4) is 0 Å². The molecule has 2 nitrogen and oxygen atoms in total. The lowest BCUT2D eigenvalue weighted by atomic mass is 10.0. The summed E-state index contributed by atoms with van der Waals surface area (Å²) in [6.45, 7) is 5.69. The molecule has 0 unspecified atom stereocenters. The van der Waals surface area contributed by atoms with E-state index >= 15 is 0 Å². The molecule has 134 valence electrons. The Morgan fingerprint density at radius 2 is 1.22 bits per heavy atom. The molecule has 0 saturated heterocycles. The van der Waals surface area contributed by atoms with E-state index in [1.807, 2.05) is 6.08 Å². The summed E-state index contributed by atoms with van der Waals surface area (Å²) in [6.07, 6.45) is 25.6. The third-order valence-corrected chi connectivity index (χ3v) is 4.25. The first-order valence-corrected chi connectivity index (χ1v) is 9.89. The Morgan fingerprint density at radius 1 is 0.783 bits per heavy atom. The highest BCUT2D eigenvalue weighted by molar-refractivity contribution is 5.87. The van der Waals surface area contributed by atoms with Gasteiger partial charge in [-0.1, -0.05) is 103 Å². The third kappa shape index (κ3) is 18.9. The van der Waals surface area contributed by atoms with Crippen molar-refractivity contribution in [2.24, 2.45) is 0 Å². The fourth-order valence-electron chi connectivity index (χ4n) is 2.74. The van der Waals surface area contributed by atoms with E-state index in [0.29, 0.717) is 0 Å². The number of carbonyl (C=O) groups excluding carboxylic acids is 1. The molecule has 1 N–H and O–H groups in total. The highest BCUT2D eigenvalue weighted by atomic mass is 16.1. The maximum Gasteiger partial charge on any atom is 0.247 e. The van der Waals surface area contributed by atoms with E-state index in [9.17, 15) is 4.79 Å². The van der Waals surface area contributed by atoms with Gasteiger partial charge in [-0.2, -0.15) is 0 Å². The Hall–Kier alpha value is -1.05. The van der Waals surface area contributed by atoms with Crippen LogP contribution in [0.4, 0.5) is 0 Å². The highest BCUT2D eigenvalue weighted by Crippen LogP contribution is 2.13. The SMILES string of the molecule is C=CC(=O)N/C=C/CCCCCCCCCCCCCCCC. The molecule has 0 aliphatic carbocycles. The summed E-state index contributed by atoms with van der Waals surface area (Å²) < 4.78 is 0. The van der Waals surface area contributed by atoms with E-state index in [1.165, 1.54) is 96.0 Å². The number of carbonyl (C=O) groups is 1. The van der Waals surface area contributed by atoms with Crippen LogP contribution >= 0.6 is 0 Å². The molecule has 2 heteroatoms. The van der Waals surface area contributed by atoms with Crippen molar-refractivity contribution in [2.45, 2.75) is 103 Å². The van der Waals surface area contributed by atoms with Gasteiger partial charge in [0, 0.05) is 6.20 Å². The van der Waals surface area contributed by atoms with Gasteiger partial charge in [0.2, 0.25) is 5.91 Å². The van der Waals surface area contributed by atoms with Gasteiger partial charge in [0.25, 0.3) is 0 Å². The van der Waals surface area contributed by atoms with Crippen LogP contribution < -0.4 is 5.32 Å². The zero-order valence-corrected chi connectivity index (χ0v) is 15.5. The third-order valence-electron chi connectivity index (χ3n) is 4.25. The van der Waals surface area contributed by atoms with Gasteiger partial charge in [-0.25, -0.2) is 0 Å². The van der Waals surface area contributed by atoms with Crippen LogP contribution in [0.1, 0.15) is 103 Å². The van der Waals surface area contributed by atoms with Crippen LogP contribution in [0.2, 0.25) is 0 Å². The summed E-state index contributed by atoms with van der Waals surface area (Å²) in [5.41, 5.74) is 0. The topological polar surface area (TPSA) is 29.1 Å². The molecule has 0 fully saturated rings. The minimum Gasteiger partial charge on any atom is -0.329 e. The lowest BCUT2D eigenvalue weighted by Gasteiger charge is -2.02. The number of amides is 1. The van der Waals surface area contributed by atoms with Crippen LogP contribution in [0.5, 0.6) is 0 Å². The maximum absolute atomic E-state index is 10.9. The quantitative estimate of drug-likeness (QED) is 0.235. The van der Waals surface area contributed by atoms with Gasteiger partial charge >= 0.3 is 0 Å². The molecule has 0 aromatic carbocycles. The van der Waals surface area contributed by atoms with Crippen molar-refractivity contribution in [3.05, 3.63) is 24.9 Å². The van der Waals surface area contributed by atoms with Crippen LogP contribution in [0.15, 0.2) is 24.9 Å². The van der Waals surface area contributed by atoms with Crippen molar-refractivity contribution >= 4 is 5.91 Å². The number of allylic oxidation sites excluding steroid dienone is 1. The fraction of sp³-hybridized carbons (Fsp3) is 0.762. The first-order chi connectivity index (χ1) is 11.3. The van der Waals surface area contributed by atoms with Gasteiger partial charge in [-0.3, -0.25) is 4.79 Å². The van der Waals surface area contributed by atoms with E-state index in [-0.39, 0.29) is 5.91 Å². The Labute approximate surface area is 144 Å². The van der Waals surface area contributed by atoms with Crippen molar-refractivity contribution < 1.29 is 4.79 Å². The monoisotopic (exact) mass is 321 g/mol. The minimum absolute atomic E-state index is 0.137. The molecule has 0 spiro atoms. The molecular weight excluding hydrogens is 282 g/mol. The second-order valence-corrected chi connectivity index (χ2v) is 6.50. The molecule has 0 aliphatic rings. The summed E-state index contributed by atoms with van der Waals surface area (Å²) in [4.78, 5) is 10.9. The zero-order chi connectivity index (χ0) is 17.0. The second-order valence-electron chi connectivity index (χ2n) is 6.50. The fourth-order valence-corrected chi connectivity index (χ4v) is 2.74. The zero-order valence-electron chi connectivity index (χ0n) is 15.5. The van der Waals surface area contributed by atoms with E-state index in [4.69, 9.17) is 0 Å².